The van der Waals surface area contributed by atoms with Gasteiger partial charge in [0.05, 0.1) is 22.8 Å². The Morgan fingerprint density at radius 1 is 1.42 bits per heavy atom. The van der Waals surface area contributed by atoms with Crippen LogP contribution in [0.2, 0.25) is 0 Å². The molecule has 1 N–H and O–H groups in total. The van der Waals surface area contributed by atoms with Crippen LogP contribution in [0.5, 0.6) is 0 Å². The molecule has 136 valence electrons. The van der Waals surface area contributed by atoms with Crippen LogP contribution in [0.3, 0.4) is 0 Å². The van der Waals surface area contributed by atoms with Crippen LogP contribution in [0.1, 0.15) is 47.4 Å². The maximum absolute atomic E-state index is 12.8. The van der Waals surface area contributed by atoms with E-state index < -0.39 is 0 Å². The first-order chi connectivity index (χ1) is 12.5. The van der Waals surface area contributed by atoms with Crippen molar-refractivity contribution in [3.8, 4) is 0 Å². The van der Waals surface area contributed by atoms with Gasteiger partial charge in [0.15, 0.2) is 5.65 Å². The zero-order chi connectivity index (χ0) is 18.3. The van der Waals surface area contributed by atoms with Gasteiger partial charge in [-0.15, -0.1) is 0 Å². The molecule has 1 aliphatic rings. The molecule has 1 saturated carbocycles. The third-order valence-electron chi connectivity index (χ3n) is 4.85. The highest BCUT2D eigenvalue weighted by molar-refractivity contribution is 6.05. The van der Waals surface area contributed by atoms with Crippen LogP contribution in [0.15, 0.2) is 24.5 Å². The first kappa shape index (κ1) is 16.8. The normalized spacial score (nSPS) is 15.3. The van der Waals surface area contributed by atoms with Gasteiger partial charge >= 0.3 is 0 Å². The highest BCUT2D eigenvalue weighted by atomic mass is 16.1. The van der Waals surface area contributed by atoms with Crippen LogP contribution in [-0.2, 0) is 13.6 Å². The Bertz CT molecular complexity index is 952. The van der Waals surface area contributed by atoms with Crippen LogP contribution in [0.4, 0.5) is 0 Å². The average molecular weight is 352 g/mol. The number of hydrogen-bond donors (Lipinski definition) is 1. The Morgan fingerprint density at radius 3 is 2.92 bits per heavy atom. The molecule has 7 nitrogen and oxygen atoms in total. The van der Waals surface area contributed by atoms with Gasteiger partial charge in [-0.05, 0) is 37.8 Å². The van der Waals surface area contributed by atoms with Crippen molar-refractivity contribution in [2.45, 2.75) is 39.2 Å². The van der Waals surface area contributed by atoms with Gasteiger partial charge in [-0.2, -0.15) is 10.2 Å². The van der Waals surface area contributed by atoms with Crippen LogP contribution >= 0.6 is 0 Å². The fraction of sp³-hybridized carbons (Fsp3) is 0.474. The van der Waals surface area contributed by atoms with Crippen molar-refractivity contribution in [1.29, 1.82) is 0 Å². The zero-order valence-corrected chi connectivity index (χ0v) is 15.4. The molecule has 0 bridgehead atoms. The van der Waals surface area contributed by atoms with Gasteiger partial charge in [0.25, 0.3) is 5.91 Å². The van der Waals surface area contributed by atoms with E-state index in [1.54, 1.807) is 10.9 Å². The van der Waals surface area contributed by atoms with E-state index in [9.17, 15) is 4.79 Å². The second kappa shape index (κ2) is 6.55. The summed E-state index contributed by atoms with van der Waals surface area (Å²) in [5.74, 6) is 0.714. The first-order valence-corrected chi connectivity index (χ1v) is 9.12. The number of aryl methyl sites for hydroxylation is 2. The van der Waals surface area contributed by atoms with Crippen LogP contribution in [-0.4, -0.2) is 37.0 Å². The van der Waals surface area contributed by atoms with Crippen molar-refractivity contribution >= 4 is 16.9 Å². The Kier molecular flexibility index (Phi) is 4.22. The van der Waals surface area contributed by atoms with Crippen LogP contribution in [0, 0.1) is 12.8 Å². The summed E-state index contributed by atoms with van der Waals surface area (Å²) >= 11 is 0. The molecule has 0 aliphatic heterocycles. The lowest BCUT2D eigenvalue weighted by Crippen LogP contribution is -2.30. The molecule has 0 saturated heterocycles. The first-order valence-electron chi connectivity index (χ1n) is 9.12. The highest BCUT2D eigenvalue weighted by Crippen LogP contribution is 2.40. The van der Waals surface area contributed by atoms with Gasteiger partial charge < -0.3 is 5.32 Å². The highest BCUT2D eigenvalue weighted by Gasteiger charge is 2.27. The number of nitrogens with zero attached hydrogens (tertiary/aromatic N) is 5. The average Bonchev–Trinajstić information content (AvgIpc) is 3.30. The van der Waals surface area contributed by atoms with E-state index in [4.69, 9.17) is 4.98 Å². The van der Waals surface area contributed by atoms with Gasteiger partial charge in [-0.1, -0.05) is 6.92 Å². The Hall–Kier alpha value is -2.70. The SMILES string of the molecule is Cc1ccn(C[C@@H](C)CNC(=O)c2cc(C3CC3)nc3c2cnn3C)n1. The van der Waals surface area contributed by atoms with Gasteiger partial charge in [0, 0.05) is 37.9 Å². The van der Waals surface area contributed by atoms with Gasteiger partial charge in [0.2, 0.25) is 0 Å². The molecule has 1 fully saturated rings. The van der Waals surface area contributed by atoms with Crippen molar-refractivity contribution < 1.29 is 4.79 Å². The van der Waals surface area contributed by atoms with Crippen molar-refractivity contribution in [2.75, 3.05) is 6.54 Å². The molecule has 1 amide bonds. The Labute approximate surface area is 152 Å². The molecule has 3 heterocycles. The molecule has 0 spiro atoms. The topological polar surface area (TPSA) is 77.6 Å². The molecule has 0 aromatic carbocycles. The second-order valence-corrected chi connectivity index (χ2v) is 7.37. The minimum absolute atomic E-state index is 0.0594. The summed E-state index contributed by atoms with van der Waals surface area (Å²) in [5.41, 5.74) is 3.46. The number of carbonyl (C=O) groups is 1. The lowest BCUT2D eigenvalue weighted by molar-refractivity contribution is 0.0948. The monoisotopic (exact) mass is 352 g/mol. The third-order valence-corrected chi connectivity index (χ3v) is 4.85. The fourth-order valence-corrected chi connectivity index (χ4v) is 3.22. The summed E-state index contributed by atoms with van der Waals surface area (Å²) in [6.45, 7) is 5.46. The van der Waals surface area contributed by atoms with E-state index >= 15 is 0 Å². The maximum atomic E-state index is 12.8. The summed E-state index contributed by atoms with van der Waals surface area (Å²) in [6.07, 6.45) is 6.00. The maximum Gasteiger partial charge on any atom is 0.252 e. The number of carbonyl (C=O) groups excluding carboxylic acids is 1. The largest absolute Gasteiger partial charge is 0.352 e. The predicted octanol–water partition coefficient (Wildman–Crippen LogP) is 2.42. The molecule has 3 aromatic heterocycles. The number of amides is 1. The Balaban J connectivity index is 1.49. The van der Waals surface area contributed by atoms with Gasteiger partial charge in [-0.25, -0.2) is 4.98 Å². The number of aromatic nitrogens is 5. The minimum Gasteiger partial charge on any atom is -0.352 e. The molecule has 3 aromatic rings. The standard InChI is InChI=1S/C19H24N6O/c1-12(11-25-7-6-13(2)23-25)9-20-19(26)15-8-17(14-4-5-14)22-18-16(15)10-21-24(18)3/h6-8,10,12,14H,4-5,9,11H2,1-3H3,(H,20,26)/t12-/m0/s1. The second-order valence-electron chi connectivity index (χ2n) is 7.37. The number of nitrogens with one attached hydrogen (secondary N) is 1. The third kappa shape index (κ3) is 3.34. The van der Waals surface area contributed by atoms with E-state index in [0.29, 0.717) is 18.0 Å². The van der Waals surface area contributed by atoms with E-state index in [1.165, 1.54) is 0 Å². The van der Waals surface area contributed by atoms with Crippen LogP contribution in [0.25, 0.3) is 11.0 Å². The summed E-state index contributed by atoms with van der Waals surface area (Å²) < 4.78 is 3.66. The number of fused-ring (bicyclic) bond motifs is 1. The van der Waals surface area contributed by atoms with E-state index in [-0.39, 0.29) is 11.8 Å². The molecule has 4 rings (SSSR count). The summed E-state index contributed by atoms with van der Waals surface area (Å²) in [4.78, 5) is 17.5. The molecule has 0 radical (unpaired) electrons. The smallest absolute Gasteiger partial charge is 0.252 e. The van der Waals surface area contributed by atoms with Crippen LogP contribution < -0.4 is 5.32 Å². The van der Waals surface area contributed by atoms with E-state index in [0.717, 1.165) is 41.8 Å². The quantitative estimate of drug-likeness (QED) is 0.739. The molecule has 1 aliphatic carbocycles. The lowest BCUT2D eigenvalue weighted by atomic mass is 10.1. The van der Waals surface area contributed by atoms with Crippen molar-refractivity contribution in [1.82, 2.24) is 29.9 Å². The van der Waals surface area contributed by atoms with Crippen molar-refractivity contribution in [2.24, 2.45) is 13.0 Å². The Morgan fingerprint density at radius 2 is 2.23 bits per heavy atom. The molecule has 1 atom stereocenters. The number of pyridine rings is 1. The summed E-state index contributed by atoms with van der Waals surface area (Å²) in [6, 6.07) is 3.93. The zero-order valence-electron chi connectivity index (χ0n) is 15.4. The molecular formula is C19H24N6O. The minimum atomic E-state index is -0.0594. The lowest BCUT2D eigenvalue weighted by Gasteiger charge is -2.13. The summed E-state index contributed by atoms with van der Waals surface area (Å²) in [7, 11) is 1.86. The summed E-state index contributed by atoms with van der Waals surface area (Å²) in [5, 5.41) is 12.6. The molecule has 0 unspecified atom stereocenters. The van der Waals surface area contributed by atoms with Gasteiger partial charge in [0.1, 0.15) is 0 Å². The van der Waals surface area contributed by atoms with Crippen molar-refractivity contribution in [3.05, 3.63) is 41.5 Å². The predicted molar refractivity (Wildman–Crippen MR) is 98.9 cm³/mol. The van der Waals surface area contributed by atoms with Gasteiger partial charge in [-0.3, -0.25) is 14.2 Å². The molecule has 7 heteroatoms. The van der Waals surface area contributed by atoms with E-state index in [2.05, 4.69) is 22.4 Å². The molecular weight excluding hydrogens is 328 g/mol. The number of rotatable bonds is 6. The number of hydrogen-bond acceptors (Lipinski definition) is 4. The van der Waals surface area contributed by atoms with E-state index in [1.807, 2.05) is 37.0 Å². The molecule has 26 heavy (non-hydrogen) atoms. The fourth-order valence-electron chi connectivity index (χ4n) is 3.22. The van der Waals surface area contributed by atoms with Crippen molar-refractivity contribution in [3.63, 3.8) is 0 Å².